The van der Waals surface area contributed by atoms with Gasteiger partial charge in [0, 0.05) is 6.54 Å². The van der Waals surface area contributed by atoms with Crippen LogP contribution in [0.1, 0.15) is 42.5 Å². The molecule has 0 saturated carbocycles. The number of hydrogen-bond acceptors (Lipinski definition) is 6. The molecule has 2 atom stereocenters. The third-order valence-electron chi connectivity index (χ3n) is 5.26. The number of carbonyl (C=O) groups excluding carboxylic acids is 2. The fourth-order valence-corrected chi connectivity index (χ4v) is 5.28. The third-order valence-corrected chi connectivity index (χ3v) is 7.04. The molecule has 0 aromatic heterocycles. The number of benzene rings is 2. The van der Waals surface area contributed by atoms with Crippen molar-refractivity contribution in [3.63, 3.8) is 0 Å². The molecule has 11 heteroatoms. The Morgan fingerprint density at radius 3 is 2.26 bits per heavy atom. The van der Waals surface area contributed by atoms with E-state index in [2.05, 4.69) is 15.4 Å². The number of hydroxylamine groups is 1. The first kappa shape index (κ1) is 27.1. The lowest BCUT2D eigenvalue weighted by Crippen LogP contribution is -2.46. The van der Waals surface area contributed by atoms with Crippen molar-refractivity contribution in [3.05, 3.63) is 59.2 Å². The topological polar surface area (TPSA) is 146 Å². The van der Waals surface area contributed by atoms with Gasteiger partial charge in [-0.05, 0) is 62.4 Å². The van der Waals surface area contributed by atoms with Gasteiger partial charge in [0.2, 0.25) is 10.0 Å². The monoisotopic (exact) mass is 492 g/mol. The lowest BCUT2D eigenvalue weighted by molar-refractivity contribution is -0.131. The van der Waals surface area contributed by atoms with E-state index in [1.165, 1.54) is 12.6 Å². The zero-order chi connectivity index (χ0) is 25.3. The van der Waals surface area contributed by atoms with Crippen LogP contribution in [0.3, 0.4) is 0 Å². The normalized spacial score (nSPS) is 13.0. The van der Waals surface area contributed by atoms with Crippen molar-refractivity contribution in [2.24, 2.45) is 0 Å². The Hall–Kier alpha value is -3.15. The average molecular weight is 493 g/mol. The van der Waals surface area contributed by atoms with Gasteiger partial charge in [0.15, 0.2) is 0 Å². The number of nitrogens with one attached hydrogen (secondary N) is 4. The van der Waals surface area contributed by atoms with Crippen molar-refractivity contribution >= 4 is 22.0 Å². The van der Waals surface area contributed by atoms with E-state index in [9.17, 15) is 18.0 Å². The summed E-state index contributed by atoms with van der Waals surface area (Å²) < 4.78 is 33.5. The van der Waals surface area contributed by atoms with Crippen molar-refractivity contribution in [2.75, 3.05) is 13.7 Å². The summed E-state index contributed by atoms with van der Waals surface area (Å²) in [4.78, 5) is 24.3. The van der Waals surface area contributed by atoms with Crippen LogP contribution in [0.4, 0.5) is 4.79 Å². The molecule has 2 aromatic carbocycles. The molecule has 0 bridgehead atoms. The van der Waals surface area contributed by atoms with Gasteiger partial charge in [0.05, 0.1) is 18.0 Å². The maximum absolute atomic E-state index is 13.0. The molecule has 5 N–H and O–H groups in total. The van der Waals surface area contributed by atoms with Gasteiger partial charge in [-0.15, -0.1) is 0 Å². The van der Waals surface area contributed by atoms with E-state index in [4.69, 9.17) is 9.94 Å². The van der Waals surface area contributed by atoms with Crippen LogP contribution in [0, 0.1) is 13.8 Å². The smallest absolute Gasteiger partial charge is 0.315 e. The van der Waals surface area contributed by atoms with Gasteiger partial charge in [0.25, 0.3) is 5.91 Å². The largest absolute Gasteiger partial charge is 0.497 e. The van der Waals surface area contributed by atoms with Crippen molar-refractivity contribution in [1.82, 2.24) is 20.8 Å². The van der Waals surface area contributed by atoms with Gasteiger partial charge in [-0.25, -0.2) is 18.7 Å². The van der Waals surface area contributed by atoms with Crippen molar-refractivity contribution in [3.8, 4) is 5.75 Å². The summed E-state index contributed by atoms with van der Waals surface area (Å²) in [6, 6.07) is 10.8. The first-order valence-corrected chi connectivity index (χ1v) is 12.3. The van der Waals surface area contributed by atoms with Crippen LogP contribution in [-0.2, 0) is 14.8 Å². The predicted octanol–water partition coefficient (Wildman–Crippen LogP) is 2.30. The second-order valence-corrected chi connectivity index (χ2v) is 9.57. The first-order valence-electron chi connectivity index (χ1n) is 10.8. The minimum atomic E-state index is -4.08. The molecule has 0 saturated heterocycles. The highest BCUT2D eigenvalue weighted by molar-refractivity contribution is 7.89. The summed E-state index contributed by atoms with van der Waals surface area (Å²) in [6.45, 7) is 5.31. The molecule has 0 aliphatic rings. The third kappa shape index (κ3) is 7.44. The van der Waals surface area contributed by atoms with Gasteiger partial charge >= 0.3 is 6.03 Å². The zero-order valence-corrected chi connectivity index (χ0v) is 20.5. The Bertz CT molecular complexity index is 1070. The Morgan fingerprint density at radius 1 is 1.09 bits per heavy atom. The molecule has 0 aliphatic carbocycles. The van der Waals surface area contributed by atoms with E-state index in [0.717, 1.165) is 5.56 Å². The highest BCUT2D eigenvalue weighted by Gasteiger charge is 2.28. The molecular formula is C23H32N4O6S. The Morgan fingerprint density at radius 2 is 1.71 bits per heavy atom. The molecule has 10 nitrogen and oxygen atoms in total. The van der Waals surface area contributed by atoms with E-state index in [-0.39, 0.29) is 36.4 Å². The summed E-state index contributed by atoms with van der Waals surface area (Å²) in [7, 11) is -2.59. The SMILES string of the molecule is COc1cc(C)c(S(=O)(=O)N[C@H](CCCNC(=O)N[C@H](C)c2ccccc2)C(=O)NO)c(C)c1. The van der Waals surface area contributed by atoms with Crippen LogP contribution in [0.25, 0.3) is 0 Å². The van der Waals surface area contributed by atoms with Crippen LogP contribution in [0.15, 0.2) is 47.4 Å². The molecule has 0 radical (unpaired) electrons. The maximum atomic E-state index is 13.0. The summed E-state index contributed by atoms with van der Waals surface area (Å²) in [6.07, 6.45) is 0.336. The van der Waals surface area contributed by atoms with E-state index >= 15 is 0 Å². The average Bonchev–Trinajstić information content (AvgIpc) is 2.80. The van der Waals surface area contributed by atoms with E-state index in [1.807, 2.05) is 37.3 Å². The minimum Gasteiger partial charge on any atom is -0.497 e. The van der Waals surface area contributed by atoms with Crippen LogP contribution < -0.4 is 25.6 Å². The summed E-state index contributed by atoms with van der Waals surface area (Å²) in [5.41, 5.74) is 3.36. The van der Waals surface area contributed by atoms with Crippen LogP contribution in [0.2, 0.25) is 0 Å². The molecule has 2 rings (SSSR count). The maximum Gasteiger partial charge on any atom is 0.315 e. The molecule has 0 spiro atoms. The van der Waals surface area contributed by atoms with Gasteiger partial charge < -0.3 is 15.4 Å². The molecule has 186 valence electrons. The molecular weight excluding hydrogens is 460 g/mol. The predicted molar refractivity (Wildman–Crippen MR) is 127 cm³/mol. The van der Waals surface area contributed by atoms with Gasteiger partial charge in [-0.2, -0.15) is 4.72 Å². The highest BCUT2D eigenvalue weighted by atomic mass is 32.2. The lowest BCUT2D eigenvalue weighted by atomic mass is 10.1. The molecule has 0 unspecified atom stereocenters. The Balaban J connectivity index is 1.96. The van der Waals surface area contributed by atoms with E-state index in [1.54, 1.807) is 26.0 Å². The van der Waals surface area contributed by atoms with Crippen molar-refractivity contribution < 1.29 is 28.0 Å². The second-order valence-electron chi connectivity index (χ2n) is 7.92. The zero-order valence-electron chi connectivity index (χ0n) is 19.7. The molecule has 0 aliphatic heterocycles. The van der Waals surface area contributed by atoms with Crippen LogP contribution in [0.5, 0.6) is 5.75 Å². The van der Waals surface area contributed by atoms with Crippen molar-refractivity contribution in [1.29, 1.82) is 0 Å². The summed E-state index contributed by atoms with van der Waals surface area (Å²) >= 11 is 0. The van der Waals surface area contributed by atoms with E-state index < -0.39 is 22.0 Å². The summed E-state index contributed by atoms with van der Waals surface area (Å²) in [5, 5.41) is 14.6. The quantitative estimate of drug-likeness (QED) is 0.185. The molecule has 2 aromatic rings. The number of methoxy groups -OCH3 is 1. The number of carbonyl (C=O) groups is 2. The fourth-order valence-electron chi connectivity index (χ4n) is 3.60. The number of amides is 3. The number of urea groups is 1. The summed E-state index contributed by atoms with van der Waals surface area (Å²) in [5.74, 6) is -0.376. The van der Waals surface area contributed by atoms with Gasteiger partial charge in [0.1, 0.15) is 11.8 Å². The molecule has 0 heterocycles. The van der Waals surface area contributed by atoms with Gasteiger partial charge in [-0.3, -0.25) is 10.0 Å². The molecule has 3 amide bonds. The molecule has 0 fully saturated rings. The van der Waals surface area contributed by atoms with Crippen molar-refractivity contribution in [2.45, 2.75) is 50.6 Å². The van der Waals surface area contributed by atoms with Crippen LogP contribution in [-0.4, -0.2) is 45.3 Å². The number of aryl methyl sites for hydroxylation is 2. The fraction of sp³-hybridized carbons (Fsp3) is 0.391. The number of rotatable bonds is 11. The van der Waals surface area contributed by atoms with Gasteiger partial charge in [-0.1, -0.05) is 30.3 Å². The highest BCUT2D eigenvalue weighted by Crippen LogP contribution is 2.26. The minimum absolute atomic E-state index is 0.0384. The number of sulfonamides is 1. The Kier molecular flexibility index (Phi) is 9.84. The number of hydrogen-bond donors (Lipinski definition) is 5. The lowest BCUT2D eigenvalue weighted by Gasteiger charge is -2.20. The first-order chi connectivity index (χ1) is 16.1. The van der Waals surface area contributed by atoms with Crippen LogP contribution >= 0.6 is 0 Å². The Labute approximate surface area is 200 Å². The standard InChI is InChI=1S/C23H32N4O6S/c1-15-13-19(33-4)14-16(2)21(15)34(31,32)27-20(22(28)26-30)11-8-12-24-23(29)25-17(3)18-9-6-5-7-10-18/h5-7,9-10,13-14,17,20,27,30H,8,11-12H2,1-4H3,(H,26,28)(H2,24,25,29)/t17-,20-/m1/s1. The number of ether oxygens (including phenoxy) is 1. The molecule has 34 heavy (non-hydrogen) atoms. The second kappa shape index (κ2) is 12.4. The van der Waals surface area contributed by atoms with E-state index in [0.29, 0.717) is 16.9 Å².